The summed E-state index contributed by atoms with van der Waals surface area (Å²) in [6, 6.07) is -1.63. The number of hydrogen-bond acceptors (Lipinski definition) is 4. The van der Waals surface area contributed by atoms with Crippen LogP contribution in [0.25, 0.3) is 0 Å². The predicted molar refractivity (Wildman–Crippen MR) is 49.8 cm³/mol. The highest BCUT2D eigenvalue weighted by Crippen LogP contribution is 2.03. The van der Waals surface area contributed by atoms with Crippen LogP contribution in [0, 0.1) is 0 Å². The van der Waals surface area contributed by atoms with Crippen LogP contribution in [-0.2, 0) is 14.4 Å². The van der Waals surface area contributed by atoms with Gasteiger partial charge in [-0.1, -0.05) is 0 Å². The van der Waals surface area contributed by atoms with Crippen molar-refractivity contribution in [2.45, 2.75) is 24.9 Å². The van der Waals surface area contributed by atoms with E-state index >= 15 is 0 Å². The molecule has 1 heterocycles. The standard InChI is InChI=1S/C8H13N3O4/c9-2-1-4-7(14)11-5(3-6(12)13)8(15)10-4/h4-5H,1-3,9H2,(H,10,15)(H,11,14)(H,12,13)/t4-,5-/m0/s1. The Morgan fingerprint density at radius 3 is 2.33 bits per heavy atom. The summed E-state index contributed by atoms with van der Waals surface area (Å²) in [6.07, 6.45) is -0.0652. The Labute approximate surface area is 86.0 Å². The van der Waals surface area contributed by atoms with E-state index in [0.29, 0.717) is 6.42 Å². The van der Waals surface area contributed by atoms with Crippen LogP contribution in [-0.4, -0.2) is 41.5 Å². The van der Waals surface area contributed by atoms with E-state index in [1.807, 2.05) is 0 Å². The summed E-state index contributed by atoms with van der Waals surface area (Å²) in [5.74, 6) is -1.99. The SMILES string of the molecule is NCC[C@@H]1NC(=O)[C@H](CC(=O)O)NC1=O. The zero-order valence-electron chi connectivity index (χ0n) is 8.03. The molecule has 84 valence electrons. The van der Waals surface area contributed by atoms with Gasteiger partial charge in [0.2, 0.25) is 11.8 Å². The number of nitrogens with one attached hydrogen (secondary N) is 2. The van der Waals surface area contributed by atoms with Crippen LogP contribution in [0.3, 0.4) is 0 Å². The first-order valence-electron chi connectivity index (χ1n) is 4.57. The van der Waals surface area contributed by atoms with Gasteiger partial charge in [0, 0.05) is 0 Å². The van der Waals surface area contributed by atoms with Gasteiger partial charge in [-0.3, -0.25) is 14.4 Å². The summed E-state index contributed by atoms with van der Waals surface area (Å²) in [4.78, 5) is 33.1. The molecule has 1 fully saturated rings. The zero-order chi connectivity index (χ0) is 11.4. The van der Waals surface area contributed by atoms with Crippen molar-refractivity contribution in [1.29, 1.82) is 0 Å². The van der Waals surface area contributed by atoms with Gasteiger partial charge in [-0.15, -0.1) is 0 Å². The third kappa shape index (κ3) is 2.91. The summed E-state index contributed by atoms with van der Waals surface area (Å²) in [5.41, 5.74) is 5.26. The lowest BCUT2D eigenvalue weighted by atomic mass is 10.1. The number of carbonyl (C=O) groups excluding carboxylic acids is 2. The second-order valence-corrected chi connectivity index (χ2v) is 3.30. The van der Waals surface area contributed by atoms with Crippen molar-refractivity contribution in [1.82, 2.24) is 10.6 Å². The van der Waals surface area contributed by atoms with E-state index in [0.717, 1.165) is 0 Å². The summed E-state index contributed by atoms with van der Waals surface area (Å²) in [5, 5.41) is 13.3. The fraction of sp³-hybridized carbons (Fsp3) is 0.625. The van der Waals surface area contributed by atoms with Gasteiger partial charge in [0.05, 0.1) is 6.42 Å². The van der Waals surface area contributed by atoms with Gasteiger partial charge in [-0.2, -0.15) is 0 Å². The first-order valence-corrected chi connectivity index (χ1v) is 4.57. The largest absolute Gasteiger partial charge is 0.481 e. The van der Waals surface area contributed by atoms with Crippen LogP contribution in [0.4, 0.5) is 0 Å². The van der Waals surface area contributed by atoms with E-state index < -0.39 is 30.4 Å². The van der Waals surface area contributed by atoms with Crippen LogP contribution >= 0.6 is 0 Å². The zero-order valence-corrected chi connectivity index (χ0v) is 8.03. The van der Waals surface area contributed by atoms with Crippen molar-refractivity contribution in [3.05, 3.63) is 0 Å². The van der Waals surface area contributed by atoms with Gasteiger partial charge in [-0.25, -0.2) is 0 Å². The fourth-order valence-electron chi connectivity index (χ4n) is 1.36. The number of carbonyl (C=O) groups is 3. The highest BCUT2D eigenvalue weighted by Gasteiger charge is 2.34. The molecule has 0 aromatic heterocycles. The van der Waals surface area contributed by atoms with Crippen molar-refractivity contribution in [2.75, 3.05) is 6.54 Å². The highest BCUT2D eigenvalue weighted by atomic mass is 16.4. The predicted octanol–water partition coefficient (Wildman–Crippen LogP) is -2.21. The molecule has 2 atom stereocenters. The Kier molecular flexibility index (Phi) is 3.62. The normalized spacial score (nSPS) is 25.7. The number of hydrogen-bond donors (Lipinski definition) is 4. The number of rotatable bonds is 4. The smallest absolute Gasteiger partial charge is 0.305 e. The number of piperazine rings is 1. The molecule has 1 aliphatic heterocycles. The van der Waals surface area contributed by atoms with Crippen molar-refractivity contribution in [2.24, 2.45) is 5.73 Å². The fourth-order valence-corrected chi connectivity index (χ4v) is 1.36. The molecule has 0 bridgehead atoms. The van der Waals surface area contributed by atoms with Gasteiger partial charge in [0.25, 0.3) is 0 Å². The molecule has 0 saturated carbocycles. The van der Waals surface area contributed by atoms with E-state index in [-0.39, 0.29) is 12.5 Å². The molecular formula is C8H13N3O4. The molecule has 1 aliphatic rings. The summed E-state index contributed by atoms with van der Waals surface area (Å²) in [7, 11) is 0. The molecule has 0 aromatic carbocycles. The number of carboxylic acids is 1. The Hall–Kier alpha value is -1.63. The van der Waals surface area contributed by atoms with Gasteiger partial charge < -0.3 is 21.5 Å². The van der Waals surface area contributed by atoms with Crippen molar-refractivity contribution in [3.63, 3.8) is 0 Å². The molecule has 1 rings (SSSR count). The first kappa shape index (κ1) is 11.4. The second-order valence-electron chi connectivity index (χ2n) is 3.30. The van der Waals surface area contributed by atoms with E-state index in [4.69, 9.17) is 10.8 Å². The molecule has 0 radical (unpaired) electrons. The molecule has 2 amide bonds. The minimum absolute atomic E-state index is 0.280. The first-order chi connectivity index (χ1) is 7.04. The maximum atomic E-state index is 11.3. The number of aliphatic carboxylic acids is 1. The maximum absolute atomic E-state index is 11.3. The summed E-state index contributed by atoms with van der Waals surface area (Å²) in [6.45, 7) is 0.280. The lowest BCUT2D eigenvalue weighted by molar-refractivity contribution is -0.143. The molecular weight excluding hydrogens is 202 g/mol. The molecule has 5 N–H and O–H groups in total. The molecule has 15 heavy (non-hydrogen) atoms. The minimum Gasteiger partial charge on any atom is -0.481 e. The molecule has 0 aliphatic carbocycles. The Morgan fingerprint density at radius 2 is 1.80 bits per heavy atom. The van der Waals surface area contributed by atoms with E-state index in [1.165, 1.54) is 0 Å². The van der Waals surface area contributed by atoms with Crippen molar-refractivity contribution < 1.29 is 19.5 Å². The average Bonchev–Trinajstić information content (AvgIpc) is 2.13. The molecule has 1 saturated heterocycles. The van der Waals surface area contributed by atoms with Gasteiger partial charge in [0.15, 0.2) is 0 Å². The Morgan fingerprint density at radius 1 is 1.27 bits per heavy atom. The molecule has 7 heteroatoms. The van der Waals surface area contributed by atoms with Gasteiger partial charge >= 0.3 is 5.97 Å². The van der Waals surface area contributed by atoms with Gasteiger partial charge in [-0.05, 0) is 13.0 Å². The van der Waals surface area contributed by atoms with E-state index in [2.05, 4.69) is 10.6 Å². The topological polar surface area (TPSA) is 122 Å². The lowest BCUT2D eigenvalue weighted by Crippen LogP contribution is -2.62. The summed E-state index contributed by atoms with van der Waals surface area (Å²) < 4.78 is 0. The third-order valence-electron chi connectivity index (χ3n) is 2.10. The average molecular weight is 215 g/mol. The van der Waals surface area contributed by atoms with E-state index in [1.54, 1.807) is 0 Å². The molecule has 0 spiro atoms. The minimum atomic E-state index is -1.13. The number of carboxylic acid groups (broad SMARTS) is 1. The number of amides is 2. The van der Waals surface area contributed by atoms with Crippen LogP contribution in [0.5, 0.6) is 0 Å². The molecule has 0 unspecified atom stereocenters. The monoisotopic (exact) mass is 215 g/mol. The molecule has 7 nitrogen and oxygen atoms in total. The van der Waals surface area contributed by atoms with E-state index in [9.17, 15) is 14.4 Å². The quantitative estimate of drug-likeness (QED) is 0.423. The van der Waals surface area contributed by atoms with Crippen LogP contribution in [0.2, 0.25) is 0 Å². The van der Waals surface area contributed by atoms with Crippen LogP contribution < -0.4 is 16.4 Å². The lowest BCUT2D eigenvalue weighted by Gasteiger charge is -2.28. The Bertz CT molecular complexity index is 292. The molecule has 0 aromatic rings. The second kappa shape index (κ2) is 4.74. The van der Waals surface area contributed by atoms with Crippen LogP contribution in [0.1, 0.15) is 12.8 Å². The van der Waals surface area contributed by atoms with Gasteiger partial charge in [0.1, 0.15) is 12.1 Å². The summed E-state index contributed by atoms with van der Waals surface area (Å²) >= 11 is 0. The Balaban J connectivity index is 2.58. The maximum Gasteiger partial charge on any atom is 0.305 e. The third-order valence-corrected chi connectivity index (χ3v) is 2.10. The van der Waals surface area contributed by atoms with Crippen LogP contribution in [0.15, 0.2) is 0 Å². The van der Waals surface area contributed by atoms with Crippen molar-refractivity contribution in [3.8, 4) is 0 Å². The highest BCUT2D eigenvalue weighted by molar-refractivity contribution is 5.98. The van der Waals surface area contributed by atoms with Crippen molar-refractivity contribution >= 4 is 17.8 Å². The number of nitrogens with two attached hydrogens (primary N) is 1.